The zero-order valence-electron chi connectivity index (χ0n) is 21.1. The Hall–Kier alpha value is -3.20. The van der Waals surface area contributed by atoms with Gasteiger partial charge in [-0.3, -0.25) is 19.0 Å². The standard InChI is InChI=1S/C27H33N5O3S/c1-18-13-19(2)15-31(14-18)22(33)16-32-17-28-25-23(26(32)34)20(3)24(36-25)27(35)30-11-9-29(10-12-30)21-7-5-4-6-8-21/h4-8,17-19H,9-16H2,1-3H3. The molecule has 0 bridgehead atoms. The topological polar surface area (TPSA) is 78.8 Å². The number of carbonyl (C=O) groups excluding carboxylic acids is 2. The molecule has 5 rings (SSSR count). The lowest BCUT2D eigenvalue weighted by molar-refractivity contribution is -0.134. The molecule has 4 heterocycles. The first kappa shape index (κ1) is 24.5. The fourth-order valence-corrected chi connectivity index (χ4v) is 6.65. The molecule has 9 heteroatoms. The molecule has 2 aliphatic heterocycles. The van der Waals surface area contributed by atoms with Crippen molar-refractivity contribution < 1.29 is 9.59 Å². The molecule has 2 atom stereocenters. The number of fused-ring (bicyclic) bond motifs is 1. The number of amides is 2. The number of rotatable bonds is 4. The Morgan fingerprint density at radius 3 is 2.33 bits per heavy atom. The summed E-state index contributed by atoms with van der Waals surface area (Å²) in [5.41, 5.74) is 1.56. The van der Waals surface area contributed by atoms with Crippen LogP contribution in [0.2, 0.25) is 0 Å². The van der Waals surface area contributed by atoms with Crippen LogP contribution in [0.4, 0.5) is 5.69 Å². The number of hydrogen-bond donors (Lipinski definition) is 0. The summed E-state index contributed by atoms with van der Waals surface area (Å²) in [7, 11) is 0. The SMILES string of the molecule is Cc1c(C(=O)N2CCN(c3ccccc3)CC2)sc2ncn(CC(=O)N3CC(C)CC(C)C3)c(=O)c12. The monoisotopic (exact) mass is 507 g/mol. The Balaban J connectivity index is 1.32. The third-order valence-electron chi connectivity index (χ3n) is 7.33. The van der Waals surface area contributed by atoms with Crippen molar-refractivity contribution in [2.45, 2.75) is 33.7 Å². The summed E-state index contributed by atoms with van der Waals surface area (Å²) in [4.78, 5) is 51.3. The minimum Gasteiger partial charge on any atom is -0.368 e. The highest BCUT2D eigenvalue weighted by Crippen LogP contribution is 2.29. The summed E-state index contributed by atoms with van der Waals surface area (Å²) in [5, 5.41) is 0.446. The third-order valence-corrected chi connectivity index (χ3v) is 8.51. The number of nitrogens with zero attached hydrogens (tertiary/aromatic N) is 5. The van der Waals surface area contributed by atoms with Gasteiger partial charge in [-0.1, -0.05) is 32.0 Å². The molecule has 0 radical (unpaired) electrons. The van der Waals surface area contributed by atoms with Gasteiger partial charge < -0.3 is 14.7 Å². The van der Waals surface area contributed by atoms with Crippen LogP contribution in [0.3, 0.4) is 0 Å². The molecule has 8 nitrogen and oxygen atoms in total. The average Bonchev–Trinajstić information content (AvgIpc) is 3.22. The van der Waals surface area contributed by atoms with Crippen molar-refractivity contribution in [2.75, 3.05) is 44.2 Å². The predicted molar refractivity (Wildman–Crippen MR) is 143 cm³/mol. The Kier molecular flexibility index (Phi) is 6.83. The van der Waals surface area contributed by atoms with E-state index in [0.717, 1.165) is 38.3 Å². The van der Waals surface area contributed by atoms with Gasteiger partial charge in [0.05, 0.1) is 16.6 Å². The molecule has 2 amide bonds. The van der Waals surface area contributed by atoms with Crippen molar-refractivity contribution in [3.63, 3.8) is 0 Å². The second-order valence-corrected chi connectivity index (χ2v) is 11.3. The average molecular weight is 508 g/mol. The van der Waals surface area contributed by atoms with E-state index in [1.807, 2.05) is 34.9 Å². The Labute approximate surface area is 215 Å². The van der Waals surface area contributed by atoms with Gasteiger partial charge >= 0.3 is 0 Å². The van der Waals surface area contributed by atoms with Crippen LogP contribution < -0.4 is 10.5 Å². The minimum absolute atomic E-state index is 0.0266. The third kappa shape index (κ3) is 4.76. The fraction of sp³-hybridized carbons (Fsp3) is 0.481. The Morgan fingerprint density at radius 1 is 1.00 bits per heavy atom. The molecule has 3 aromatic rings. The van der Waals surface area contributed by atoms with Crippen LogP contribution in [-0.4, -0.2) is 70.4 Å². The lowest BCUT2D eigenvalue weighted by atomic mass is 9.92. The van der Waals surface area contributed by atoms with Crippen molar-refractivity contribution in [3.05, 3.63) is 57.5 Å². The van der Waals surface area contributed by atoms with E-state index in [1.165, 1.54) is 22.2 Å². The molecule has 2 saturated heterocycles. The normalized spacial score (nSPS) is 20.7. The lowest BCUT2D eigenvalue weighted by Crippen LogP contribution is -2.48. The number of anilines is 1. The summed E-state index contributed by atoms with van der Waals surface area (Å²) in [6.45, 7) is 10.3. The number of hydrogen-bond acceptors (Lipinski definition) is 6. The van der Waals surface area contributed by atoms with Gasteiger partial charge in [0, 0.05) is 45.0 Å². The number of aryl methyl sites for hydroxylation is 1. The lowest BCUT2D eigenvalue weighted by Gasteiger charge is -2.36. The van der Waals surface area contributed by atoms with Crippen molar-refractivity contribution >= 4 is 39.1 Å². The van der Waals surface area contributed by atoms with Crippen LogP contribution in [0.1, 0.15) is 35.5 Å². The highest BCUT2D eigenvalue weighted by Gasteiger charge is 2.28. The molecule has 2 aliphatic rings. The molecule has 0 spiro atoms. The number of piperazine rings is 1. The van der Waals surface area contributed by atoms with Gasteiger partial charge in [-0.2, -0.15) is 0 Å². The zero-order valence-corrected chi connectivity index (χ0v) is 22.0. The first-order valence-corrected chi connectivity index (χ1v) is 13.5. The second kappa shape index (κ2) is 10.0. The van der Waals surface area contributed by atoms with Crippen LogP contribution in [0.15, 0.2) is 41.5 Å². The number of aromatic nitrogens is 2. The first-order valence-electron chi connectivity index (χ1n) is 12.7. The molecule has 0 saturated carbocycles. The van der Waals surface area contributed by atoms with Crippen LogP contribution in [0, 0.1) is 18.8 Å². The van der Waals surface area contributed by atoms with E-state index >= 15 is 0 Å². The van der Waals surface area contributed by atoms with Crippen LogP contribution >= 0.6 is 11.3 Å². The molecular weight excluding hydrogens is 474 g/mol. The summed E-state index contributed by atoms with van der Waals surface area (Å²) >= 11 is 1.27. The number of piperidine rings is 1. The molecule has 0 aliphatic carbocycles. The smallest absolute Gasteiger partial charge is 0.264 e. The molecule has 1 aromatic carbocycles. The summed E-state index contributed by atoms with van der Waals surface area (Å²) in [5.74, 6) is 0.799. The highest BCUT2D eigenvalue weighted by molar-refractivity contribution is 7.20. The van der Waals surface area contributed by atoms with Crippen LogP contribution in [0.25, 0.3) is 10.2 Å². The van der Waals surface area contributed by atoms with Crippen molar-refractivity contribution in [3.8, 4) is 0 Å². The summed E-state index contributed by atoms with van der Waals surface area (Å²) < 4.78 is 1.39. The van der Waals surface area contributed by atoms with E-state index < -0.39 is 0 Å². The van der Waals surface area contributed by atoms with Gasteiger partial charge in [0.2, 0.25) is 5.91 Å². The van der Waals surface area contributed by atoms with Crippen LogP contribution in [0.5, 0.6) is 0 Å². The molecule has 2 fully saturated rings. The van der Waals surface area contributed by atoms with Gasteiger partial charge in [0.1, 0.15) is 11.4 Å². The van der Waals surface area contributed by atoms with Gasteiger partial charge in [-0.25, -0.2) is 4.98 Å². The maximum absolute atomic E-state index is 13.4. The van der Waals surface area contributed by atoms with E-state index in [0.29, 0.717) is 45.6 Å². The largest absolute Gasteiger partial charge is 0.368 e. The van der Waals surface area contributed by atoms with Gasteiger partial charge in [-0.05, 0) is 42.9 Å². The quantitative estimate of drug-likeness (QED) is 0.542. The van der Waals surface area contributed by atoms with Gasteiger partial charge in [0.25, 0.3) is 11.5 Å². The van der Waals surface area contributed by atoms with E-state index in [1.54, 1.807) is 0 Å². The van der Waals surface area contributed by atoms with E-state index in [9.17, 15) is 14.4 Å². The van der Waals surface area contributed by atoms with Crippen LogP contribution in [-0.2, 0) is 11.3 Å². The van der Waals surface area contributed by atoms with Crippen molar-refractivity contribution in [2.24, 2.45) is 11.8 Å². The minimum atomic E-state index is -0.256. The second-order valence-electron chi connectivity index (χ2n) is 10.3. The van der Waals surface area contributed by atoms with E-state index in [-0.39, 0.29) is 23.9 Å². The van der Waals surface area contributed by atoms with Crippen molar-refractivity contribution in [1.82, 2.24) is 19.4 Å². The summed E-state index contributed by atoms with van der Waals surface area (Å²) in [6.07, 6.45) is 2.56. The molecular formula is C27H33N5O3S. The van der Waals surface area contributed by atoms with E-state index in [4.69, 9.17) is 0 Å². The number of benzene rings is 1. The number of likely N-dealkylation sites (tertiary alicyclic amines) is 1. The maximum Gasteiger partial charge on any atom is 0.264 e. The number of para-hydroxylation sites is 1. The zero-order chi connectivity index (χ0) is 25.4. The fourth-order valence-electron chi connectivity index (χ4n) is 5.54. The van der Waals surface area contributed by atoms with Gasteiger partial charge in [0.15, 0.2) is 0 Å². The highest BCUT2D eigenvalue weighted by atomic mass is 32.1. The number of carbonyl (C=O) groups is 2. The van der Waals surface area contributed by atoms with Gasteiger partial charge in [-0.15, -0.1) is 11.3 Å². The maximum atomic E-state index is 13.4. The van der Waals surface area contributed by atoms with E-state index in [2.05, 4.69) is 35.9 Å². The summed E-state index contributed by atoms with van der Waals surface area (Å²) in [6, 6.07) is 10.2. The number of thiophene rings is 1. The van der Waals surface area contributed by atoms with Crippen molar-refractivity contribution in [1.29, 1.82) is 0 Å². The first-order chi connectivity index (χ1) is 17.3. The molecule has 2 unspecified atom stereocenters. The molecule has 36 heavy (non-hydrogen) atoms. The molecule has 0 N–H and O–H groups in total. The molecule has 2 aromatic heterocycles. The Morgan fingerprint density at radius 2 is 1.67 bits per heavy atom. The predicted octanol–water partition coefficient (Wildman–Crippen LogP) is 3.23. The Bertz CT molecular complexity index is 1320. The molecule has 190 valence electrons.